The van der Waals surface area contributed by atoms with Gasteiger partial charge >= 0.3 is 5.97 Å². The first-order chi connectivity index (χ1) is 16.9. The van der Waals surface area contributed by atoms with Gasteiger partial charge in [0.2, 0.25) is 5.78 Å². The molecule has 0 atom stereocenters. The summed E-state index contributed by atoms with van der Waals surface area (Å²) in [6, 6.07) is 13.2. The lowest BCUT2D eigenvalue weighted by atomic mass is 10.0. The highest BCUT2D eigenvalue weighted by Crippen LogP contribution is 2.17. The number of carbonyl (C=O) groups excluding carboxylic acids is 2. The molecule has 2 aromatic carbocycles. The minimum atomic E-state index is -0.490. The second-order valence-corrected chi connectivity index (χ2v) is 8.87. The summed E-state index contributed by atoms with van der Waals surface area (Å²) in [5.74, 6) is 0.191. The molecule has 0 bridgehead atoms. The number of esters is 1. The Balaban J connectivity index is 1.38. The van der Waals surface area contributed by atoms with Gasteiger partial charge in [-0.05, 0) is 37.5 Å². The summed E-state index contributed by atoms with van der Waals surface area (Å²) in [5.41, 5.74) is 3.27. The maximum atomic E-state index is 12.7. The molecular formula is C27H30N4O4. The van der Waals surface area contributed by atoms with Crippen LogP contribution in [0.2, 0.25) is 0 Å². The fourth-order valence-electron chi connectivity index (χ4n) is 4.17. The van der Waals surface area contributed by atoms with Crippen molar-refractivity contribution < 1.29 is 14.3 Å². The molecule has 8 heteroatoms. The van der Waals surface area contributed by atoms with E-state index in [1.165, 1.54) is 23.0 Å². The second kappa shape index (κ2) is 10.6. The van der Waals surface area contributed by atoms with Crippen LogP contribution in [0.4, 0.5) is 0 Å². The van der Waals surface area contributed by atoms with E-state index in [9.17, 15) is 14.4 Å². The predicted octanol–water partition coefficient (Wildman–Crippen LogP) is 4.33. The molecular weight excluding hydrogens is 444 g/mol. The summed E-state index contributed by atoms with van der Waals surface area (Å²) in [4.78, 5) is 37.5. The molecule has 0 saturated carbocycles. The number of benzene rings is 2. The molecule has 0 spiro atoms. The molecule has 0 N–H and O–H groups in total. The van der Waals surface area contributed by atoms with E-state index in [-0.39, 0.29) is 30.8 Å². The number of hydrogen-bond acceptors (Lipinski definition) is 6. The Morgan fingerprint density at radius 1 is 1.00 bits per heavy atom. The zero-order valence-corrected chi connectivity index (χ0v) is 20.4. The number of carbonyl (C=O) groups is 2. The lowest BCUT2D eigenvalue weighted by Gasteiger charge is -2.09. The molecule has 0 amide bonds. The number of fused-ring (bicyclic) bond motifs is 3. The van der Waals surface area contributed by atoms with Gasteiger partial charge in [-0.1, -0.05) is 55.7 Å². The van der Waals surface area contributed by atoms with Crippen LogP contribution in [0.1, 0.15) is 66.3 Å². The number of Topliss-reactive ketones (excluding diaryl/α,β-unsaturated/α-hetero) is 1. The highest BCUT2D eigenvalue weighted by atomic mass is 16.5. The number of unbranched alkanes of at least 4 members (excludes halogenated alkanes) is 2. The van der Waals surface area contributed by atoms with Gasteiger partial charge in [-0.3, -0.25) is 23.4 Å². The third-order valence-corrected chi connectivity index (χ3v) is 6.20. The first-order valence-electron chi connectivity index (χ1n) is 12.0. The fraction of sp³-hybridized carbons (Fsp3) is 0.370. The van der Waals surface area contributed by atoms with Gasteiger partial charge in [0.05, 0.1) is 17.3 Å². The predicted molar refractivity (Wildman–Crippen MR) is 134 cm³/mol. The molecule has 35 heavy (non-hydrogen) atoms. The van der Waals surface area contributed by atoms with Crippen molar-refractivity contribution in [1.29, 1.82) is 0 Å². The average molecular weight is 475 g/mol. The van der Waals surface area contributed by atoms with Gasteiger partial charge in [-0.25, -0.2) is 0 Å². The monoisotopic (exact) mass is 474 g/mol. The molecule has 0 radical (unpaired) electrons. The fourth-order valence-corrected chi connectivity index (χ4v) is 4.17. The Labute approximate surface area is 203 Å². The van der Waals surface area contributed by atoms with Crippen molar-refractivity contribution >= 4 is 28.4 Å². The van der Waals surface area contributed by atoms with Crippen LogP contribution in [0.15, 0.2) is 47.3 Å². The number of aryl methyl sites for hydroxylation is 3. The van der Waals surface area contributed by atoms with Crippen LogP contribution in [0.3, 0.4) is 0 Å². The van der Waals surface area contributed by atoms with Gasteiger partial charge in [0.1, 0.15) is 0 Å². The van der Waals surface area contributed by atoms with Crippen LogP contribution in [0.25, 0.3) is 16.7 Å². The first kappa shape index (κ1) is 24.3. The molecule has 2 aromatic heterocycles. The van der Waals surface area contributed by atoms with E-state index < -0.39 is 5.97 Å². The first-order valence-corrected chi connectivity index (χ1v) is 12.0. The number of hydrogen-bond donors (Lipinski definition) is 0. The number of nitrogens with zero attached hydrogens (tertiary/aromatic N) is 4. The summed E-state index contributed by atoms with van der Waals surface area (Å²) in [7, 11) is 1.63. The van der Waals surface area contributed by atoms with Gasteiger partial charge in [-0.2, -0.15) is 0 Å². The Kier molecular flexibility index (Phi) is 7.39. The van der Waals surface area contributed by atoms with Crippen molar-refractivity contribution in [2.45, 2.75) is 59.0 Å². The van der Waals surface area contributed by atoms with Crippen molar-refractivity contribution in [2.24, 2.45) is 7.05 Å². The quantitative estimate of drug-likeness (QED) is 0.193. The lowest BCUT2D eigenvalue weighted by molar-refractivity contribution is -0.145. The van der Waals surface area contributed by atoms with E-state index in [0.29, 0.717) is 28.1 Å². The van der Waals surface area contributed by atoms with E-state index in [1.54, 1.807) is 11.4 Å². The summed E-state index contributed by atoms with van der Waals surface area (Å²) >= 11 is 0. The molecule has 2 heterocycles. The molecule has 0 aliphatic heterocycles. The minimum absolute atomic E-state index is 0.0216. The lowest BCUT2D eigenvalue weighted by Crippen LogP contribution is -2.20. The summed E-state index contributed by atoms with van der Waals surface area (Å²) in [6.45, 7) is 3.98. The third-order valence-electron chi connectivity index (χ3n) is 6.20. The zero-order valence-electron chi connectivity index (χ0n) is 20.4. The molecule has 0 aliphatic rings. The summed E-state index contributed by atoms with van der Waals surface area (Å²) in [6.07, 6.45) is 4.58. The number of ether oxygens (including phenoxy) is 1. The van der Waals surface area contributed by atoms with Crippen LogP contribution < -0.4 is 5.56 Å². The van der Waals surface area contributed by atoms with Crippen molar-refractivity contribution in [2.75, 3.05) is 0 Å². The molecule has 8 nitrogen and oxygen atoms in total. The van der Waals surface area contributed by atoms with Crippen LogP contribution in [-0.4, -0.2) is 30.9 Å². The standard InChI is InChI=1S/C27H30N4O4/c1-4-5-6-7-19-9-11-20(12-10-19)23(32)14-15-25(33)35-17-24-28-29-27-30(3)26(34)21-16-18(2)8-13-22(21)31(24)27/h8-13,16H,4-7,14-15,17H2,1-3H3. The third kappa shape index (κ3) is 5.31. The van der Waals surface area contributed by atoms with Gasteiger partial charge in [0.25, 0.3) is 5.56 Å². The van der Waals surface area contributed by atoms with Crippen molar-refractivity contribution in [3.63, 3.8) is 0 Å². The molecule has 0 unspecified atom stereocenters. The molecule has 0 fully saturated rings. The molecule has 4 aromatic rings. The highest BCUT2D eigenvalue weighted by Gasteiger charge is 2.17. The van der Waals surface area contributed by atoms with E-state index in [4.69, 9.17) is 4.74 Å². The molecule has 0 saturated heterocycles. The maximum absolute atomic E-state index is 12.7. The minimum Gasteiger partial charge on any atom is -0.457 e. The highest BCUT2D eigenvalue weighted by molar-refractivity contribution is 5.97. The van der Waals surface area contributed by atoms with Crippen LogP contribution >= 0.6 is 0 Å². The summed E-state index contributed by atoms with van der Waals surface area (Å²) in [5, 5.41) is 8.77. The van der Waals surface area contributed by atoms with Crippen LogP contribution in [0.5, 0.6) is 0 Å². The van der Waals surface area contributed by atoms with Crippen molar-refractivity contribution in [3.8, 4) is 0 Å². The maximum Gasteiger partial charge on any atom is 0.306 e. The molecule has 0 aliphatic carbocycles. The van der Waals surface area contributed by atoms with Gasteiger partial charge in [0.15, 0.2) is 18.2 Å². The van der Waals surface area contributed by atoms with Crippen molar-refractivity contribution in [1.82, 2.24) is 19.2 Å². The average Bonchev–Trinajstić information content (AvgIpc) is 3.29. The van der Waals surface area contributed by atoms with Gasteiger partial charge in [0, 0.05) is 19.0 Å². The Hall–Kier alpha value is -3.81. The SMILES string of the molecule is CCCCCc1ccc(C(=O)CCC(=O)OCc2nnc3n(C)c(=O)c4cc(C)ccc4n23)cc1. The largest absolute Gasteiger partial charge is 0.457 e. The topological polar surface area (TPSA) is 95.6 Å². The Morgan fingerprint density at radius 3 is 2.51 bits per heavy atom. The van der Waals surface area contributed by atoms with E-state index in [1.807, 2.05) is 49.4 Å². The molecule has 182 valence electrons. The van der Waals surface area contributed by atoms with Crippen molar-refractivity contribution in [3.05, 3.63) is 75.3 Å². The Bertz CT molecular complexity index is 1430. The Morgan fingerprint density at radius 2 is 1.77 bits per heavy atom. The van der Waals surface area contributed by atoms with E-state index >= 15 is 0 Å². The van der Waals surface area contributed by atoms with Crippen LogP contribution in [0, 0.1) is 6.92 Å². The zero-order chi connectivity index (χ0) is 24.9. The van der Waals surface area contributed by atoms with Crippen LogP contribution in [-0.2, 0) is 29.6 Å². The number of aromatic nitrogens is 4. The smallest absolute Gasteiger partial charge is 0.306 e. The van der Waals surface area contributed by atoms with Gasteiger partial charge in [-0.15, -0.1) is 10.2 Å². The van der Waals surface area contributed by atoms with E-state index in [0.717, 1.165) is 18.4 Å². The number of ketones is 1. The van der Waals surface area contributed by atoms with E-state index in [2.05, 4.69) is 17.1 Å². The normalized spacial score (nSPS) is 11.3. The number of rotatable bonds is 10. The van der Waals surface area contributed by atoms with Gasteiger partial charge < -0.3 is 4.74 Å². The summed E-state index contributed by atoms with van der Waals surface area (Å²) < 4.78 is 8.54. The molecule has 4 rings (SSSR count). The second-order valence-electron chi connectivity index (χ2n) is 8.87.